The monoisotopic (exact) mass is 267 g/mol. The first-order valence-electron chi connectivity index (χ1n) is 8.66. The molecule has 2 saturated carbocycles. The summed E-state index contributed by atoms with van der Waals surface area (Å²) in [6.45, 7) is 6.71. The molecule has 2 rings (SSSR count). The zero-order valence-corrected chi connectivity index (χ0v) is 13.0. The highest BCUT2D eigenvalue weighted by molar-refractivity contribution is 4.82. The second-order valence-corrected chi connectivity index (χ2v) is 6.74. The fourth-order valence-corrected chi connectivity index (χ4v) is 3.81. The van der Waals surface area contributed by atoms with Crippen LogP contribution in [-0.2, 0) is 4.74 Å². The van der Waals surface area contributed by atoms with Crippen LogP contribution < -0.4 is 5.32 Å². The van der Waals surface area contributed by atoms with Crippen LogP contribution in [0.1, 0.15) is 71.6 Å². The van der Waals surface area contributed by atoms with Gasteiger partial charge in [-0.3, -0.25) is 0 Å². The molecule has 2 aliphatic carbocycles. The minimum absolute atomic E-state index is 0.529. The number of nitrogens with one attached hydrogen (secondary N) is 1. The lowest BCUT2D eigenvalue weighted by atomic mass is 9.88. The van der Waals surface area contributed by atoms with Crippen molar-refractivity contribution in [2.75, 3.05) is 13.2 Å². The topological polar surface area (TPSA) is 21.3 Å². The Morgan fingerprint density at radius 1 is 1.05 bits per heavy atom. The van der Waals surface area contributed by atoms with Crippen LogP contribution in [0.5, 0.6) is 0 Å². The van der Waals surface area contributed by atoms with Crippen molar-refractivity contribution < 1.29 is 4.74 Å². The fourth-order valence-electron chi connectivity index (χ4n) is 3.81. The Hall–Kier alpha value is -0.0800. The first-order valence-corrected chi connectivity index (χ1v) is 8.66. The molecule has 19 heavy (non-hydrogen) atoms. The summed E-state index contributed by atoms with van der Waals surface area (Å²) in [5, 5.41) is 3.74. The second kappa shape index (κ2) is 8.26. The third kappa shape index (κ3) is 4.75. The van der Waals surface area contributed by atoms with Gasteiger partial charge in [0.1, 0.15) is 0 Å². The Kier molecular flexibility index (Phi) is 6.66. The molecule has 2 nitrogen and oxygen atoms in total. The van der Waals surface area contributed by atoms with E-state index in [9.17, 15) is 0 Å². The van der Waals surface area contributed by atoms with E-state index in [2.05, 4.69) is 19.2 Å². The minimum atomic E-state index is 0.529. The fraction of sp³-hybridized carbons (Fsp3) is 1.00. The lowest BCUT2D eigenvalue weighted by Gasteiger charge is -2.32. The summed E-state index contributed by atoms with van der Waals surface area (Å²) in [6.07, 6.45) is 12.8. The summed E-state index contributed by atoms with van der Waals surface area (Å²) in [5.41, 5.74) is 0. The van der Waals surface area contributed by atoms with Crippen molar-refractivity contribution in [1.29, 1.82) is 0 Å². The van der Waals surface area contributed by atoms with Crippen molar-refractivity contribution >= 4 is 0 Å². The predicted octanol–water partition coefficient (Wildman–Crippen LogP) is 4.14. The molecule has 0 aromatic rings. The third-order valence-electron chi connectivity index (χ3n) is 5.15. The first kappa shape index (κ1) is 15.3. The summed E-state index contributed by atoms with van der Waals surface area (Å²) in [5.74, 6) is 1.63. The van der Waals surface area contributed by atoms with Gasteiger partial charge in [-0.25, -0.2) is 0 Å². The van der Waals surface area contributed by atoms with Gasteiger partial charge in [-0.2, -0.15) is 0 Å². The third-order valence-corrected chi connectivity index (χ3v) is 5.15. The van der Waals surface area contributed by atoms with Crippen LogP contribution in [0.3, 0.4) is 0 Å². The van der Waals surface area contributed by atoms with Crippen molar-refractivity contribution in [3.8, 4) is 0 Å². The van der Waals surface area contributed by atoms with Crippen molar-refractivity contribution in [2.24, 2.45) is 11.8 Å². The molecule has 1 N–H and O–H groups in total. The van der Waals surface area contributed by atoms with Gasteiger partial charge in [0.15, 0.2) is 0 Å². The Balaban J connectivity index is 1.77. The zero-order valence-electron chi connectivity index (χ0n) is 13.0. The average molecular weight is 267 g/mol. The van der Waals surface area contributed by atoms with E-state index in [-0.39, 0.29) is 0 Å². The number of rotatable bonds is 7. The van der Waals surface area contributed by atoms with Gasteiger partial charge in [0, 0.05) is 6.04 Å². The normalized spacial score (nSPS) is 30.6. The molecule has 0 heterocycles. The zero-order chi connectivity index (χ0) is 13.5. The Labute approximate surface area is 119 Å². The summed E-state index contributed by atoms with van der Waals surface area (Å²) < 4.78 is 6.30. The molecule has 0 bridgehead atoms. The largest absolute Gasteiger partial charge is 0.376 e. The van der Waals surface area contributed by atoms with E-state index in [4.69, 9.17) is 4.74 Å². The SMILES string of the molecule is CCCNC(COC1CCCCC1C)C1CCCC1. The van der Waals surface area contributed by atoms with Gasteiger partial charge in [0.05, 0.1) is 12.7 Å². The summed E-state index contributed by atoms with van der Waals surface area (Å²) in [7, 11) is 0. The van der Waals surface area contributed by atoms with Crippen LogP contribution in [0.25, 0.3) is 0 Å². The maximum absolute atomic E-state index is 6.30. The van der Waals surface area contributed by atoms with Crippen LogP contribution in [0.4, 0.5) is 0 Å². The van der Waals surface area contributed by atoms with Crippen molar-refractivity contribution in [3.05, 3.63) is 0 Å². The van der Waals surface area contributed by atoms with E-state index in [0.717, 1.165) is 25.0 Å². The van der Waals surface area contributed by atoms with Crippen LogP contribution in [-0.4, -0.2) is 25.3 Å². The van der Waals surface area contributed by atoms with E-state index in [1.54, 1.807) is 0 Å². The Bertz CT molecular complexity index is 237. The highest BCUT2D eigenvalue weighted by atomic mass is 16.5. The van der Waals surface area contributed by atoms with Gasteiger partial charge in [0.2, 0.25) is 0 Å². The minimum Gasteiger partial charge on any atom is -0.376 e. The van der Waals surface area contributed by atoms with Crippen LogP contribution in [0.2, 0.25) is 0 Å². The quantitative estimate of drug-likeness (QED) is 0.748. The molecular formula is C17H33NO. The molecule has 0 amide bonds. The standard InChI is InChI=1S/C17H33NO/c1-3-12-18-16(15-9-5-6-10-15)13-19-17-11-7-4-8-14(17)2/h14-18H,3-13H2,1-2H3. The molecule has 0 spiro atoms. The summed E-state index contributed by atoms with van der Waals surface area (Å²) >= 11 is 0. The molecule has 0 aliphatic heterocycles. The van der Waals surface area contributed by atoms with Gasteiger partial charge in [-0.1, -0.05) is 39.5 Å². The summed E-state index contributed by atoms with van der Waals surface area (Å²) in [6, 6.07) is 0.608. The smallest absolute Gasteiger partial charge is 0.0626 e. The average Bonchev–Trinajstić information content (AvgIpc) is 2.94. The second-order valence-electron chi connectivity index (χ2n) is 6.74. The van der Waals surface area contributed by atoms with Crippen LogP contribution in [0, 0.1) is 11.8 Å². The van der Waals surface area contributed by atoms with Crippen LogP contribution in [0.15, 0.2) is 0 Å². The van der Waals surface area contributed by atoms with Gasteiger partial charge in [0.25, 0.3) is 0 Å². The molecule has 2 heteroatoms. The molecule has 0 radical (unpaired) electrons. The van der Waals surface area contributed by atoms with Gasteiger partial charge < -0.3 is 10.1 Å². The maximum Gasteiger partial charge on any atom is 0.0626 e. The molecule has 0 aromatic carbocycles. The predicted molar refractivity (Wildman–Crippen MR) is 81.4 cm³/mol. The lowest BCUT2D eigenvalue weighted by Crippen LogP contribution is -2.41. The molecule has 2 aliphatic rings. The molecule has 2 fully saturated rings. The molecule has 3 unspecified atom stereocenters. The molecule has 112 valence electrons. The molecular weight excluding hydrogens is 234 g/mol. The number of hydrogen-bond donors (Lipinski definition) is 1. The van der Waals surface area contributed by atoms with Gasteiger partial charge in [-0.05, 0) is 50.5 Å². The highest BCUT2D eigenvalue weighted by Crippen LogP contribution is 2.30. The van der Waals surface area contributed by atoms with E-state index in [1.165, 1.54) is 57.8 Å². The molecule has 0 aromatic heterocycles. The maximum atomic E-state index is 6.30. The van der Waals surface area contributed by atoms with E-state index < -0.39 is 0 Å². The van der Waals surface area contributed by atoms with Crippen LogP contribution >= 0.6 is 0 Å². The lowest BCUT2D eigenvalue weighted by molar-refractivity contribution is -0.0215. The highest BCUT2D eigenvalue weighted by Gasteiger charge is 2.27. The van der Waals surface area contributed by atoms with E-state index in [1.807, 2.05) is 0 Å². The van der Waals surface area contributed by atoms with E-state index in [0.29, 0.717) is 12.1 Å². The van der Waals surface area contributed by atoms with Crippen molar-refractivity contribution in [1.82, 2.24) is 5.32 Å². The van der Waals surface area contributed by atoms with Crippen molar-refractivity contribution in [2.45, 2.75) is 83.8 Å². The number of ether oxygens (including phenoxy) is 1. The number of hydrogen-bond acceptors (Lipinski definition) is 2. The van der Waals surface area contributed by atoms with Gasteiger partial charge in [-0.15, -0.1) is 0 Å². The summed E-state index contributed by atoms with van der Waals surface area (Å²) in [4.78, 5) is 0. The van der Waals surface area contributed by atoms with E-state index >= 15 is 0 Å². The Morgan fingerprint density at radius 3 is 2.42 bits per heavy atom. The molecule has 3 atom stereocenters. The first-order chi connectivity index (χ1) is 9.31. The Morgan fingerprint density at radius 2 is 1.74 bits per heavy atom. The molecule has 0 saturated heterocycles. The van der Waals surface area contributed by atoms with Crippen molar-refractivity contribution in [3.63, 3.8) is 0 Å². The van der Waals surface area contributed by atoms with Gasteiger partial charge >= 0.3 is 0 Å².